The maximum absolute atomic E-state index is 6.10. The molecule has 0 saturated carbocycles. The van der Waals surface area contributed by atoms with Gasteiger partial charge in [0.1, 0.15) is 16.7 Å². The molecule has 0 bridgehead atoms. The predicted molar refractivity (Wildman–Crippen MR) is 65.1 cm³/mol. The molecule has 0 aliphatic rings. The van der Waals surface area contributed by atoms with Crippen molar-refractivity contribution in [1.82, 2.24) is 9.97 Å². The van der Waals surface area contributed by atoms with Crippen LogP contribution in [0.15, 0.2) is 18.2 Å². The standard InChI is InChI=1S/C12H13ClN2O/c1-3-4-11-14-10-7-8(16-2)5-6-9(10)12(13)15-11/h5-7H,3-4H2,1-2H3. The number of aryl methyl sites for hydroxylation is 1. The number of nitrogens with zero attached hydrogens (tertiary/aromatic N) is 2. The van der Waals surface area contributed by atoms with Crippen LogP contribution in [0.25, 0.3) is 10.9 Å². The third kappa shape index (κ3) is 2.09. The molecule has 0 aliphatic carbocycles. The van der Waals surface area contributed by atoms with Crippen LogP contribution in [0, 0.1) is 0 Å². The van der Waals surface area contributed by atoms with E-state index in [-0.39, 0.29) is 0 Å². The van der Waals surface area contributed by atoms with Gasteiger partial charge in [-0.25, -0.2) is 9.97 Å². The molecule has 0 unspecified atom stereocenters. The zero-order chi connectivity index (χ0) is 11.5. The van der Waals surface area contributed by atoms with Crippen LogP contribution in [0.4, 0.5) is 0 Å². The van der Waals surface area contributed by atoms with E-state index in [9.17, 15) is 0 Å². The summed E-state index contributed by atoms with van der Waals surface area (Å²) in [5, 5.41) is 1.37. The van der Waals surface area contributed by atoms with E-state index in [0.29, 0.717) is 5.15 Å². The number of hydrogen-bond donors (Lipinski definition) is 0. The van der Waals surface area contributed by atoms with Crippen molar-refractivity contribution in [2.24, 2.45) is 0 Å². The first-order valence-electron chi connectivity index (χ1n) is 5.24. The monoisotopic (exact) mass is 236 g/mol. The van der Waals surface area contributed by atoms with Gasteiger partial charge in [0, 0.05) is 17.9 Å². The summed E-state index contributed by atoms with van der Waals surface area (Å²) in [5.41, 5.74) is 0.836. The zero-order valence-corrected chi connectivity index (χ0v) is 10.1. The molecule has 3 nitrogen and oxygen atoms in total. The number of aromatic nitrogens is 2. The SMILES string of the molecule is CCCc1nc(Cl)c2ccc(OC)cc2n1. The molecular formula is C12H13ClN2O. The lowest BCUT2D eigenvalue weighted by atomic mass is 10.2. The summed E-state index contributed by atoms with van der Waals surface area (Å²) < 4.78 is 5.16. The average molecular weight is 237 g/mol. The molecule has 0 fully saturated rings. The van der Waals surface area contributed by atoms with Gasteiger partial charge in [0.05, 0.1) is 12.6 Å². The molecule has 0 atom stereocenters. The fourth-order valence-electron chi connectivity index (χ4n) is 1.58. The van der Waals surface area contributed by atoms with Gasteiger partial charge in [0.25, 0.3) is 0 Å². The maximum Gasteiger partial charge on any atom is 0.140 e. The second-order valence-electron chi connectivity index (χ2n) is 3.56. The number of benzene rings is 1. The molecule has 0 amide bonds. The van der Waals surface area contributed by atoms with Crippen molar-refractivity contribution in [3.63, 3.8) is 0 Å². The van der Waals surface area contributed by atoms with Crippen LogP contribution in [0.5, 0.6) is 5.75 Å². The number of methoxy groups -OCH3 is 1. The summed E-state index contributed by atoms with van der Waals surface area (Å²) in [6.07, 6.45) is 1.85. The number of hydrogen-bond acceptors (Lipinski definition) is 3. The highest BCUT2D eigenvalue weighted by atomic mass is 35.5. The first-order chi connectivity index (χ1) is 7.74. The summed E-state index contributed by atoms with van der Waals surface area (Å²) in [4.78, 5) is 8.72. The van der Waals surface area contributed by atoms with Crippen molar-refractivity contribution in [2.75, 3.05) is 7.11 Å². The third-order valence-corrected chi connectivity index (χ3v) is 2.67. The Labute approximate surface area is 99.4 Å². The van der Waals surface area contributed by atoms with Gasteiger partial charge < -0.3 is 4.74 Å². The maximum atomic E-state index is 6.10. The first-order valence-corrected chi connectivity index (χ1v) is 5.62. The van der Waals surface area contributed by atoms with E-state index in [2.05, 4.69) is 16.9 Å². The number of ether oxygens (including phenoxy) is 1. The average Bonchev–Trinajstić information content (AvgIpc) is 2.28. The van der Waals surface area contributed by atoms with Gasteiger partial charge in [0.2, 0.25) is 0 Å². The number of fused-ring (bicyclic) bond motifs is 1. The minimum absolute atomic E-state index is 0.510. The smallest absolute Gasteiger partial charge is 0.140 e. The summed E-state index contributed by atoms with van der Waals surface area (Å²) in [6, 6.07) is 5.62. The molecule has 0 aliphatic heterocycles. The Morgan fingerprint density at radius 2 is 2.12 bits per heavy atom. The van der Waals surface area contributed by atoms with E-state index >= 15 is 0 Å². The van der Waals surface area contributed by atoms with Gasteiger partial charge in [-0.1, -0.05) is 18.5 Å². The zero-order valence-electron chi connectivity index (χ0n) is 9.33. The number of rotatable bonds is 3. The van der Waals surface area contributed by atoms with Gasteiger partial charge in [-0.2, -0.15) is 0 Å². The molecule has 1 aromatic heterocycles. The van der Waals surface area contributed by atoms with E-state index in [1.807, 2.05) is 18.2 Å². The Morgan fingerprint density at radius 3 is 2.81 bits per heavy atom. The molecule has 1 aromatic carbocycles. The van der Waals surface area contributed by atoms with Crippen molar-refractivity contribution >= 4 is 22.5 Å². The minimum Gasteiger partial charge on any atom is -0.497 e. The van der Waals surface area contributed by atoms with E-state index in [1.54, 1.807) is 7.11 Å². The molecule has 0 saturated heterocycles. The fraction of sp³-hybridized carbons (Fsp3) is 0.333. The van der Waals surface area contributed by atoms with E-state index in [0.717, 1.165) is 35.3 Å². The van der Waals surface area contributed by atoms with Gasteiger partial charge >= 0.3 is 0 Å². The van der Waals surface area contributed by atoms with Crippen LogP contribution in [-0.4, -0.2) is 17.1 Å². The third-order valence-electron chi connectivity index (χ3n) is 2.38. The topological polar surface area (TPSA) is 35.0 Å². The van der Waals surface area contributed by atoms with Crippen molar-refractivity contribution in [2.45, 2.75) is 19.8 Å². The minimum atomic E-state index is 0.510. The summed E-state index contributed by atoms with van der Waals surface area (Å²) in [5.74, 6) is 1.57. The van der Waals surface area contributed by atoms with Gasteiger partial charge in [-0.15, -0.1) is 0 Å². The highest BCUT2D eigenvalue weighted by Crippen LogP contribution is 2.24. The van der Waals surface area contributed by atoms with Gasteiger partial charge in [-0.3, -0.25) is 0 Å². The fourth-order valence-corrected chi connectivity index (χ4v) is 1.84. The Kier molecular flexibility index (Phi) is 3.25. The van der Waals surface area contributed by atoms with E-state index in [1.165, 1.54) is 0 Å². The van der Waals surface area contributed by atoms with E-state index in [4.69, 9.17) is 16.3 Å². The Balaban J connectivity index is 2.58. The van der Waals surface area contributed by atoms with E-state index < -0.39 is 0 Å². The normalized spacial score (nSPS) is 10.7. The summed E-state index contributed by atoms with van der Waals surface area (Å²) >= 11 is 6.10. The Hall–Kier alpha value is -1.35. The van der Waals surface area contributed by atoms with Crippen molar-refractivity contribution < 1.29 is 4.74 Å². The van der Waals surface area contributed by atoms with Crippen molar-refractivity contribution in [3.05, 3.63) is 29.2 Å². The second-order valence-corrected chi connectivity index (χ2v) is 3.92. The van der Waals surface area contributed by atoms with Crippen LogP contribution < -0.4 is 4.74 Å². The Morgan fingerprint density at radius 1 is 1.31 bits per heavy atom. The molecule has 0 spiro atoms. The molecule has 0 N–H and O–H groups in total. The molecule has 84 valence electrons. The van der Waals surface area contributed by atoms with Crippen LogP contribution in [0.3, 0.4) is 0 Å². The van der Waals surface area contributed by atoms with Gasteiger partial charge in [0.15, 0.2) is 0 Å². The predicted octanol–water partition coefficient (Wildman–Crippen LogP) is 3.24. The van der Waals surface area contributed by atoms with Crippen LogP contribution in [0.1, 0.15) is 19.2 Å². The molecule has 4 heteroatoms. The van der Waals surface area contributed by atoms with Gasteiger partial charge in [-0.05, 0) is 18.6 Å². The second kappa shape index (κ2) is 4.66. The molecule has 2 aromatic rings. The molecule has 1 heterocycles. The van der Waals surface area contributed by atoms with Crippen molar-refractivity contribution in [1.29, 1.82) is 0 Å². The van der Waals surface area contributed by atoms with Crippen LogP contribution in [0.2, 0.25) is 5.15 Å². The molecule has 0 radical (unpaired) electrons. The van der Waals surface area contributed by atoms with Crippen molar-refractivity contribution in [3.8, 4) is 5.75 Å². The number of halogens is 1. The lowest BCUT2D eigenvalue weighted by Crippen LogP contribution is -1.96. The molecular weight excluding hydrogens is 224 g/mol. The first kappa shape index (κ1) is 11.1. The highest BCUT2D eigenvalue weighted by molar-refractivity contribution is 6.34. The largest absolute Gasteiger partial charge is 0.497 e. The lowest BCUT2D eigenvalue weighted by Gasteiger charge is -2.05. The van der Waals surface area contributed by atoms with Crippen LogP contribution in [-0.2, 0) is 6.42 Å². The van der Waals surface area contributed by atoms with Crippen LogP contribution >= 0.6 is 11.6 Å². The summed E-state index contributed by atoms with van der Waals surface area (Å²) in [7, 11) is 1.64. The molecule has 16 heavy (non-hydrogen) atoms. The Bertz CT molecular complexity index is 514. The molecule has 2 rings (SSSR count). The summed E-state index contributed by atoms with van der Waals surface area (Å²) in [6.45, 7) is 2.09. The lowest BCUT2D eigenvalue weighted by molar-refractivity contribution is 0.415. The quantitative estimate of drug-likeness (QED) is 0.768. The highest BCUT2D eigenvalue weighted by Gasteiger charge is 2.06.